The van der Waals surface area contributed by atoms with Crippen LogP contribution in [0.25, 0.3) is 10.4 Å². The summed E-state index contributed by atoms with van der Waals surface area (Å²) in [4.78, 5) is 26.7. The maximum atomic E-state index is 11.9. The van der Waals surface area contributed by atoms with Crippen LogP contribution in [0.4, 0.5) is 10.5 Å². The molecule has 110 valence electrons. The van der Waals surface area contributed by atoms with E-state index < -0.39 is 18.1 Å². The van der Waals surface area contributed by atoms with Crippen LogP contribution in [0.1, 0.15) is 5.56 Å². The minimum Gasteiger partial charge on any atom is -0.480 e. The molecule has 1 aromatic carbocycles. The normalized spacial score (nSPS) is 17.1. The predicted molar refractivity (Wildman–Crippen MR) is 76.0 cm³/mol. The molecule has 0 aliphatic carbocycles. The Bertz CT molecular complexity index is 585. The number of carboxylic acid groups (broad SMARTS) is 1. The molecule has 9 heteroatoms. The van der Waals surface area contributed by atoms with Crippen molar-refractivity contribution in [1.29, 1.82) is 0 Å². The van der Waals surface area contributed by atoms with Crippen molar-refractivity contribution in [1.82, 2.24) is 4.90 Å². The lowest BCUT2D eigenvalue weighted by molar-refractivity contribution is -0.141. The van der Waals surface area contributed by atoms with E-state index in [1.807, 2.05) is 0 Å². The first kappa shape index (κ1) is 15.0. The van der Waals surface area contributed by atoms with Crippen molar-refractivity contribution in [2.24, 2.45) is 5.11 Å². The fourth-order valence-corrected chi connectivity index (χ4v) is 2.90. The number of rotatable bonds is 4. The molecule has 0 spiro atoms. The van der Waals surface area contributed by atoms with Gasteiger partial charge in [0.1, 0.15) is 12.6 Å². The molecule has 0 bridgehead atoms. The van der Waals surface area contributed by atoms with Crippen molar-refractivity contribution >= 4 is 29.5 Å². The molecule has 1 saturated heterocycles. The van der Waals surface area contributed by atoms with E-state index in [9.17, 15) is 9.59 Å². The molecule has 1 N–H and O–H groups in total. The lowest BCUT2D eigenvalue weighted by atomic mass is 10.2. The third kappa shape index (κ3) is 3.80. The highest BCUT2D eigenvalue weighted by molar-refractivity contribution is 7.99. The van der Waals surface area contributed by atoms with Crippen LogP contribution < -0.4 is 0 Å². The van der Waals surface area contributed by atoms with Crippen molar-refractivity contribution < 1.29 is 19.4 Å². The first-order valence-corrected chi connectivity index (χ1v) is 7.15. The van der Waals surface area contributed by atoms with E-state index in [2.05, 4.69) is 10.0 Å². The van der Waals surface area contributed by atoms with Gasteiger partial charge in [-0.05, 0) is 11.1 Å². The van der Waals surface area contributed by atoms with Crippen molar-refractivity contribution in [2.75, 3.05) is 11.6 Å². The SMILES string of the molecule is [N-]=[N+]=Nc1ccc(COC(=O)N2CSCC2C(=O)O)cc1. The van der Waals surface area contributed by atoms with Crippen LogP contribution in [0.3, 0.4) is 0 Å². The van der Waals surface area contributed by atoms with Gasteiger partial charge in [-0.25, -0.2) is 9.59 Å². The molecule has 1 heterocycles. The molecule has 2 rings (SSSR count). The molecule has 1 unspecified atom stereocenters. The monoisotopic (exact) mass is 308 g/mol. The second-order valence-corrected chi connectivity index (χ2v) is 5.23. The molecule has 1 aliphatic heterocycles. The highest BCUT2D eigenvalue weighted by atomic mass is 32.2. The van der Waals surface area contributed by atoms with Gasteiger partial charge in [0.2, 0.25) is 0 Å². The molecule has 0 aromatic heterocycles. The van der Waals surface area contributed by atoms with Crippen molar-refractivity contribution in [3.05, 3.63) is 40.3 Å². The highest BCUT2D eigenvalue weighted by Crippen LogP contribution is 2.22. The molecular weight excluding hydrogens is 296 g/mol. The maximum absolute atomic E-state index is 11.9. The highest BCUT2D eigenvalue weighted by Gasteiger charge is 2.35. The number of thioether (sulfide) groups is 1. The van der Waals surface area contributed by atoms with Gasteiger partial charge in [-0.3, -0.25) is 4.90 Å². The third-order valence-corrected chi connectivity index (χ3v) is 3.87. The fourth-order valence-electron chi connectivity index (χ4n) is 1.77. The van der Waals surface area contributed by atoms with E-state index in [4.69, 9.17) is 15.4 Å². The van der Waals surface area contributed by atoms with E-state index in [1.54, 1.807) is 24.3 Å². The lowest BCUT2D eigenvalue weighted by Gasteiger charge is -2.19. The van der Waals surface area contributed by atoms with Crippen molar-refractivity contribution in [3.63, 3.8) is 0 Å². The second-order valence-electron chi connectivity index (χ2n) is 4.23. The van der Waals surface area contributed by atoms with Gasteiger partial charge in [0, 0.05) is 16.4 Å². The summed E-state index contributed by atoms with van der Waals surface area (Å²) in [5.74, 6) is -0.354. The minimum atomic E-state index is -1.03. The standard InChI is InChI=1S/C12H12N4O4S/c13-15-14-9-3-1-8(2-4-9)5-20-12(19)16-7-21-6-10(16)11(17)18/h1-4,10H,5-7H2,(H,17,18). The number of nitrogens with zero attached hydrogens (tertiary/aromatic N) is 4. The van der Waals surface area contributed by atoms with Gasteiger partial charge in [-0.15, -0.1) is 11.8 Å². The van der Waals surface area contributed by atoms with Gasteiger partial charge in [-0.1, -0.05) is 29.4 Å². The fraction of sp³-hybridized carbons (Fsp3) is 0.333. The van der Waals surface area contributed by atoms with Crippen molar-refractivity contribution in [3.8, 4) is 0 Å². The first-order chi connectivity index (χ1) is 10.1. The van der Waals surface area contributed by atoms with Crippen LogP contribution in [-0.4, -0.2) is 39.7 Å². The van der Waals surface area contributed by atoms with Crippen LogP contribution in [-0.2, 0) is 16.1 Å². The number of carboxylic acids is 1. The number of amides is 1. The predicted octanol–water partition coefficient (Wildman–Crippen LogP) is 2.72. The summed E-state index contributed by atoms with van der Waals surface area (Å²) in [7, 11) is 0. The Balaban J connectivity index is 1.91. The Morgan fingerprint density at radius 2 is 2.19 bits per heavy atom. The topological polar surface area (TPSA) is 116 Å². The zero-order valence-corrected chi connectivity index (χ0v) is 11.7. The second kappa shape index (κ2) is 6.87. The summed E-state index contributed by atoms with van der Waals surface area (Å²) in [6, 6.07) is 5.72. The Morgan fingerprint density at radius 3 is 2.81 bits per heavy atom. The number of carbonyl (C=O) groups is 2. The van der Waals surface area contributed by atoms with E-state index in [0.717, 1.165) is 5.56 Å². The lowest BCUT2D eigenvalue weighted by Crippen LogP contribution is -2.41. The van der Waals surface area contributed by atoms with Crippen LogP contribution >= 0.6 is 11.8 Å². The summed E-state index contributed by atoms with van der Waals surface area (Å²) in [5.41, 5.74) is 9.48. The van der Waals surface area contributed by atoms with Gasteiger partial charge in [-0.2, -0.15) is 0 Å². The number of ether oxygens (including phenoxy) is 1. The largest absolute Gasteiger partial charge is 0.480 e. The summed E-state index contributed by atoms with van der Waals surface area (Å²) in [6.45, 7) is 0.0306. The number of benzene rings is 1. The summed E-state index contributed by atoms with van der Waals surface area (Å²) in [6.07, 6.45) is -0.647. The van der Waals surface area contributed by atoms with E-state index in [1.165, 1.54) is 16.7 Å². The van der Waals surface area contributed by atoms with Crippen molar-refractivity contribution in [2.45, 2.75) is 12.6 Å². The average molecular weight is 308 g/mol. The molecule has 0 radical (unpaired) electrons. The zero-order valence-electron chi connectivity index (χ0n) is 10.9. The molecule has 1 amide bonds. The van der Waals surface area contributed by atoms with Gasteiger partial charge < -0.3 is 9.84 Å². The summed E-state index contributed by atoms with van der Waals surface area (Å²) >= 11 is 1.37. The Morgan fingerprint density at radius 1 is 1.48 bits per heavy atom. The smallest absolute Gasteiger partial charge is 0.411 e. The number of azide groups is 1. The van der Waals surface area contributed by atoms with Crippen LogP contribution in [0.5, 0.6) is 0 Å². The number of hydrogen-bond acceptors (Lipinski definition) is 5. The number of carbonyl (C=O) groups excluding carboxylic acids is 1. The zero-order chi connectivity index (χ0) is 15.2. The van der Waals surface area contributed by atoms with Crippen LogP contribution in [0.2, 0.25) is 0 Å². The molecule has 1 aromatic rings. The van der Waals surface area contributed by atoms with Crippen LogP contribution in [0.15, 0.2) is 29.4 Å². The summed E-state index contributed by atoms with van der Waals surface area (Å²) in [5, 5.41) is 12.4. The molecular formula is C12H12N4O4S. The molecule has 1 fully saturated rings. The molecule has 21 heavy (non-hydrogen) atoms. The molecule has 8 nitrogen and oxygen atoms in total. The maximum Gasteiger partial charge on any atom is 0.411 e. The Hall–Kier alpha value is -2.38. The van der Waals surface area contributed by atoms with E-state index >= 15 is 0 Å². The molecule has 0 saturated carbocycles. The number of aliphatic carboxylic acids is 1. The Labute approximate surface area is 124 Å². The van der Waals surface area contributed by atoms with Gasteiger partial charge in [0.15, 0.2) is 0 Å². The van der Waals surface area contributed by atoms with Crippen LogP contribution in [0, 0.1) is 0 Å². The third-order valence-electron chi connectivity index (χ3n) is 2.86. The van der Waals surface area contributed by atoms with Gasteiger partial charge in [0.25, 0.3) is 0 Å². The van der Waals surface area contributed by atoms with E-state index in [-0.39, 0.29) is 6.61 Å². The Kier molecular flexibility index (Phi) is 4.91. The number of hydrogen-bond donors (Lipinski definition) is 1. The van der Waals surface area contributed by atoms with Gasteiger partial charge >= 0.3 is 12.1 Å². The first-order valence-electron chi connectivity index (χ1n) is 6.00. The van der Waals surface area contributed by atoms with E-state index in [0.29, 0.717) is 17.3 Å². The summed E-state index contributed by atoms with van der Waals surface area (Å²) < 4.78 is 5.10. The average Bonchev–Trinajstić information content (AvgIpc) is 2.96. The van der Waals surface area contributed by atoms with Gasteiger partial charge in [0.05, 0.1) is 5.88 Å². The quantitative estimate of drug-likeness (QED) is 0.521. The minimum absolute atomic E-state index is 0.0306. The molecule has 1 aliphatic rings. The molecule has 1 atom stereocenters.